The number of nitrogens with zero attached hydrogens (tertiary/aromatic N) is 3. The molecule has 0 unspecified atom stereocenters. The van der Waals surface area contributed by atoms with Gasteiger partial charge in [0.05, 0.1) is 11.0 Å². The number of nitriles is 1. The molecule has 0 saturated carbocycles. The van der Waals surface area contributed by atoms with E-state index in [0.717, 1.165) is 10.4 Å². The van der Waals surface area contributed by atoms with Gasteiger partial charge in [0.15, 0.2) is 0 Å². The van der Waals surface area contributed by atoms with E-state index in [4.69, 9.17) is 5.26 Å². The second-order valence-electron chi connectivity index (χ2n) is 3.25. The van der Waals surface area contributed by atoms with E-state index in [-0.39, 0.29) is 28.7 Å². The highest BCUT2D eigenvalue weighted by Crippen LogP contribution is 2.29. The van der Waals surface area contributed by atoms with Crippen molar-refractivity contribution in [2.24, 2.45) is 0 Å². The lowest BCUT2D eigenvalue weighted by Crippen LogP contribution is -2.31. The molecule has 0 fully saturated rings. The Morgan fingerprint density at radius 3 is 2.67 bits per heavy atom. The molecule has 7 nitrogen and oxygen atoms in total. The smallest absolute Gasteiger partial charge is 0.258 e. The molecule has 9 heteroatoms. The Kier molecular flexibility index (Phi) is 4.77. The molecule has 0 radical (unpaired) electrons. The Morgan fingerprint density at radius 2 is 2.22 bits per heavy atom. The van der Waals surface area contributed by atoms with Crippen molar-refractivity contribution in [1.29, 1.82) is 5.26 Å². The summed E-state index contributed by atoms with van der Waals surface area (Å²) in [7, 11) is -3.74. The molecule has 0 saturated heterocycles. The van der Waals surface area contributed by atoms with Crippen molar-refractivity contribution >= 4 is 26.4 Å². The number of rotatable bonds is 6. The van der Waals surface area contributed by atoms with Gasteiger partial charge in [-0.15, -0.1) is 0 Å². The predicted octanol–water partition coefficient (Wildman–Crippen LogP) is 1.58. The Labute approximate surface area is 108 Å². The van der Waals surface area contributed by atoms with Gasteiger partial charge in [-0.2, -0.15) is 9.57 Å². The summed E-state index contributed by atoms with van der Waals surface area (Å²) in [5.74, 6) is 0. The lowest BCUT2D eigenvalue weighted by molar-refractivity contribution is -0.380. The summed E-state index contributed by atoms with van der Waals surface area (Å²) in [4.78, 5) is 9.89. The van der Waals surface area contributed by atoms with E-state index in [0.29, 0.717) is 11.3 Å². The summed E-state index contributed by atoms with van der Waals surface area (Å²) in [6.45, 7) is 1.95. The molecule has 18 heavy (non-hydrogen) atoms. The fourth-order valence-corrected chi connectivity index (χ4v) is 4.01. The van der Waals surface area contributed by atoms with Crippen LogP contribution in [0.5, 0.6) is 0 Å². The van der Waals surface area contributed by atoms with E-state index in [1.807, 2.05) is 6.07 Å². The van der Waals surface area contributed by atoms with Crippen LogP contribution in [0.1, 0.15) is 13.3 Å². The summed E-state index contributed by atoms with van der Waals surface area (Å²) >= 11 is 0.613. The van der Waals surface area contributed by atoms with Crippen molar-refractivity contribution < 1.29 is 13.3 Å². The molecule has 0 aliphatic rings. The van der Waals surface area contributed by atoms with E-state index in [9.17, 15) is 18.5 Å². The standard InChI is InChI=1S/C9H11N3O4S2/c1-2-11(7-3-6-10)18(15,16)9-5-4-8(17-9)12(13)14/h4-5H,2-3,7H2,1H3. The van der Waals surface area contributed by atoms with E-state index in [1.54, 1.807) is 6.92 Å². The quantitative estimate of drug-likeness (QED) is 0.584. The predicted molar refractivity (Wildman–Crippen MR) is 65.6 cm³/mol. The summed E-state index contributed by atoms with van der Waals surface area (Å²) in [5, 5.41) is 18.8. The second-order valence-corrected chi connectivity index (χ2v) is 6.48. The first-order valence-electron chi connectivity index (χ1n) is 5.04. The highest BCUT2D eigenvalue weighted by Gasteiger charge is 2.26. The fourth-order valence-electron chi connectivity index (χ4n) is 1.30. The Balaban J connectivity index is 3.03. The minimum absolute atomic E-state index is 0.0750. The minimum atomic E-state index is -3.74. The fraction of sp³-hybridized carbons (Fsp3) is 0.444. The molecule has 0 aliphatic heterocycles. The largest absolute Gasteiger partial charge is 0.325 e. The van der Waals surface area contributed by atoms with Crippen LogP contribution >= 0.6 is 11.3 Å². The van der Waals surface area contributed by atoms with Gasteiger partial charge in [0.1, 0.15) is 4.21 Å². The number of hydrogen-bond donors (Lipinski definition) is 0. The van der Waals surface area contributed by atoms with Gasteiger partial charge in [0.2, 0.25) is 0 Å². The van der Waals surface area contributed by atoms with Crippen LogP contribution in [0, 0.1) is 21.4 Å². The molecule has 0 N–H and O–H groups in total. The maximum Gasteiger partial charge on any atom is 0.325 e. The van der Waals surface area contributed by atoms with Crippen LogP contribution in [0.2, 0.25) is 0 Å². The van der Waals surface area contributed by atoms with Crippen molar-refractivity contribution in [3.05, 3.63) is 22.2 Å². The number of nitro groups is 1. The molecular formula is C9H11N3O4S2. The first-order chi connectivity index (χ1) is 8.43. The van der Waals surface area contributed by atoms with Crippen LogP contribution in [0.25, 0.3) is 0 Å². The van der Waals surface area contributed by atoms with Gasteiger partial charge in [0, 0.05) is 25.6 Å². The highest BCUT2D eigenvalue weighted by atomic mass is 32.2. The van der Waals surface area contributed by atoms with Crippen molar-refractivity contribution in [2.45, 2.75) is 17.6 Å². The molecule has 1 aromatic heterocycles. The summed E-state index contributed by atoms with van der Waals surface area (Å²) < 4.78 is 25.3. The third-order valence-corrected chi connectivity index (χ3v) is 5.65. The third kappa shape index (κ3) is 3.04. The van der Waals surface area contributed by atoms with Crippen LogP contribution in [-0.2, 0) is 10.0 Å². The maximum absolute atomic E-state index is 12.1. The molecule has 98 valence electrons. The van der Waals surface area contributed by atoms with Crippen molar-refractivity contribution in [3.8, 4) is 6.07 Å². The lowest BCUT2D eigenvalue weighted by Gasteiger charge is -2.17. The lowest BCUT2D eigenvalue weighted by atomic mass is 10.5. The van der Waals surface area contributed by atoms with Gasteiger partial charge in [-0.05, 0) is 17.4 Å². The average Bonchev–Trinajstić information content (AvgIpc) is 2.79. The Hall–Kier alpha value is -1.50. The van der Waals surface area contributed by atoms with Gasteiger partial charge in [-0.25, -0.2) is 8.42 Å². The van der Waals surface area contributed by atoms with Crippen molar-refractivity contribution in [2.75, 3.05) is 13.1 Å². The van der Waals surface area contributed by atoms with Crippen molar-refractivity contribution in [3.63, 3.8) is 0 Å². The molecule has 0 atom stereocenters. The first kappa shape index (κ1) is 14.6. The second kappa shape index (κ2) is 5.90. The highest BCUT2D eigenvalue weighted by molar-refractivity contribution is 7.91. The van der Waals surface area contributed by atoms with E-state index in [1.165, 1.54) is 6.07 Å². The molecular weight excluding hydrogens is 278 g/mol. The molecule has 0 aliphatic carbocycles. The molecule has 1 rings (SSSR count). The third-order valence-electron chi connectivity index (χ3n) is 2.17. The van der Waals surface area contributed by atoms with Crippen molar-refractivity contribution in [1.82, 2.24) is 4.31 Å². The molecule has 1 heterocycles. The molecule has 0 amide bonds. The van der Waals surface area contributed by atoms with Gasteiger partial charge < -0.3 is 0 Å². The SMILES string of the molecule is CCN(CCC#N)S(=O)(=O)c1ccc([N+](=O)[O-])s1. The zero-order valence-electron chi connectivity index (χ0n) is 9.57. The monoisotopic (exact) mass is 289 g/mol. The normalized spacial score (nSPS) is 11.4. The Morgan fingerprint density at radius 1 is 1.56 bits per heavy atom. The van der Waals surface area contributed by atoms with Crippen LogP contribution in [0.3, 0.4) is 0 Å². The van der Waals surface area contributed by atoms with E-state index in [2.05, 4.69) is 0 Å². The van der Waals surface area contributed by atoms with Crippen LogP contribution in [-0.4, -0.2) is 30.7 Å². The summed E-state index contributed by atoms with van der Waals surface area (Å²) in [5.41, 5.74) is 0. The molecule has 0 bridgehead atoms. The average molecular weight is 289 g/mol. The van der Waals surface area contributed by atoms with E-state index < -0.39 is 14.9 Å². The molecule has 0 spiro atoms. The maximum atomic E-state index is 12.1. The minimum Gasteiger partial charge on any atom is -0.258 e. The van der Waals surface area contributed by atoms with Crippen LogP contribution < -0.4 is 0 Å². The van der Waals surface area contributed by atoms with Gasteiger partial charge in [-0.3, -0.25) is 10.1 Å². The van der Waals surface area contributed by atoms with Gasteiger partial charge in [0.25, 0.3) is 10.0 Å². The molecule has 1 aromatic rings. The summed E-state index contributed by atoms with van der Waals surface area (Å²) in [6.07, 6.45) is 0.0839. The number of hydrogen-bond acceptors (Lipinski definition) is 6. The number of thiophene rings is 1. The summed E-state index contributed by atoms with van der Waals surface area (Å²) in [6, 6.07) is 4.25. The van der Waals surface area contributed by atoms with E-state index >= 15 is 0 Å². The zero-order valence-corrected chi connectivity index (χ0v) is 11.2. The van der Waals surface area contributed by atoms with Gasteiger partial charge >= 0.3 is 5.00 Å². The van der Waals surface area contributed by atoms with Crippen LogP contribution in [0.15, 0.2) is 16.3 Å². The molecule has 0 aromatic carbocycles. The Bertz CT molecular complexity index is 573. The first-order valence-corrected chi connectivity index (χ1v) is 7.30. The van der Waals surface area contributed by atoms with Crippen LogP contribution in [0.4, 0.5) is 5.00 Å². The van der Waals surface area contributed by atoms with Gasteiger partial charge in [-0.1, -0.05) is 6.92 Å². The zero-order chi connectivity index (χ0) is 13.8. The topological polar surface area (TPSA) is 104 Å². The number of sulfonamides is 1.